The van der Waals surface area contributed by atoms with Crippen LogP contribution in [0.2, 0.25) is 0 Å². The zero-order chi connectivity index (χ0) is 17.6. The zero-order valence-electron chi connectivity index (χ0n) is 14.0. The van der Waals surface area contributed by atoms with Gasteiger partial charge in [0.1, 0.15) is 5.41 Å². The Kier molecular flexibility index (Phi) is 6.09. The van der Waals surface area contributed by atoms with Crippen molar-refractivity contribution in [1.82, 2.24) is 4.90 Å². The standard InChI is InChI=1S/C18H24N2O4/c1-2-24-17(23)18(10-8-16(19)22)13-20(11-9-15(18)21)12-14-6-4-3-5-7-14/h3-7H,2,8-13H2,1H3,(H2,19,22)/t18-/m1/s1. The smallest absolute Gasteiger partial charge is 0.320 e. The van der Waals surface area contributed by atoms with Gasteiger partial charge >= 0.3 is 5.97 Å². The van der Waals surface area contributed by atoms with E-state index in [0.717, 1.165) is 5.56 Å². The summed E-state index contributed by atoms with van der Waals surface area (Å²) in [5, 5.41) is 0. The molecular weight excluding hydrogens is 308 g/mol. The number of benzene rings is 1. The predicted octanol–water partition coefficient (Wildman–Crippen LogP) is 1.28. The SMILES string of the molecule is CCOC(=O)[C@]1(CCC(N)=O)CN(Cc2ccccc2)CCC1=O. The van der Waals surface area contributed by atoms with Crippen LogP contribution >= 0.6 is 0 Å². The summed E-state index contributed by atoms with van der Waals surface area (Å²) in [7, 11) is 0. The van der Waals surface area contributed by atoms with Crippen molar-refractivity contribution in [2.24, 2.45) is 11.1 Å². The Morgan fingerprint density at radius 3 is 2.62 bits per heavy atom. The van der Waals surface area contributed by atoms with E-state index in [1.54, 1.807) is 6.92 Å². The molecule has 0 aliphatic carbocycles. The van der Waals surface area contributed by atoms with Crippen molar-refractivity contribution in [3.05, 3.63) is 35.9 Å². The van der Waals surface area contributed by atoms with Crippen LogP contribution in [0.3, 0.4) is 0 Å². The Balaban J connectivity index is 2.20. The summed E-state index contributed by atoms with van der Waals surface area (Å²) in [6, 6.07) is 9.86. The van der Waals surface area contributed by atoms with Crippen LogP contribution in [0.4, 0.5) is 0 Å². The van der Waals surface area contributed by atoms with Gasteiger partial charge in [0.25, 0.3) is 0 Å². The Morgan fingerprint density at radius 2 is 2.00 bits per heavy atom. The lowest BCUT2D eigenvalue weighted by Crippen LogP contribution is -2.54. The molecule has 1 fully saturated rings. The summed E-state index contributed by atoms with van der Waals surface area (Å²) < 4.78 is 5.15. The molecule has 1 amide bonds. The first-order valence-corrected chi connectivity index (χ1v) is 8.23. The fourth-order valence-corrected chi connectivity index (χ4v) is 3.13. The van der Waals surface area contributed by atoms with Gasteiger partial charge in [-0.05, 0) is 18.9 Å². The molecule has 1 aliphatic heterocycles. The van der Waals surface area contributed by atoms with Gasteiger partial charge < -0.3 is 10.5 Å². The lowest BCUT2D eigenvalue weighted by atomic mass is 9.74. The third-order valence-corrected chi connectivity index (χ3v) is 4.40. The molecule has 0 unspecified atom stereocenters. The summed E-state index contributed by atoms with van der Waals surface area (Å²) in [6.07, 6.45) is 0.361. The number of rotatable bonds is 7. The summed E-state index contributed by atoms with van der Waals surface area (Å²) >= 11 is 0. The van der Waals surface area contributed by atoms with Crippen LogP contribution in [-0.4, -0.2) is 42.3 Å². The van der Waals surface area contributed by atoms with Gasteiger partial charge in [0.15, 0.2) is 5.78 Å². The molecule has 1 heterocycles. The minimum absolute atomic E-state index is 0.0102. The van der Waals surface area contributed by atoms with Gasteiger partial charge in [0, 0.05) is 32.5 Å². The van der Waals surface area contributed by atoms with E-state index in [0.29, 0.717) is 13.1 Å². The van der Waals surface area contributed by atoms with Crippen molar-refractivity contribution >= 4 is 17.7 Å². The first-order valence-electron chi connectivity index (χ1n) is 8.23. The number of piperidine rings is 1. The molecule has 2 N–H and O–H groups in total. The number of nitrogens with zero attached hydrogens (tertiary/aromatic N) is 1. The monoisotopic (exact) mass is 332 g/mol. The largest absolute Gasteiger partial charge is 0.465 e. The van der Waals surface area contributed by atoms with Crippen molar-refractivity contribution in [2.75, 3.05) is 19.7 Å². The van der Waals surface area contributed by atoms with Gasteiger partial charge in [-0.3, -0.25) is 19.3 Å². The highest BCUT2D eigenvalue weighted by Gasteiger charge is 2.50. The van der Waals surface area contributed by atoms with Gasteiger partial charge in [-0.15, -0.1) is 0 Å². The molecule has 1 saturated heterocycles. The van der Waals surface area contributed by atoms with E-state index < -0.39 is 17.3 Å². The molecule has 24 heavy (non-hydrogen) atoms. The fraction of sp³-hybridized carbons (Fsp3) is 0.500. The van der Waals surface area contributed by atoms with E-state index in [4.69, 9.17) is 10.5 Å². The molecule has 6 heteroatoms. The lowest BCUT2D eigenvalue weighted by molar-refractivity contribution is -0.165. The summed E-state index contributed by atoms with van der Waals surface area (Å²) in [4.78, 5) is 38.3. The van der Waals surface area contributed by atoms with Gasteiger partial charge in [0.2, 0.25) is 5.91 Å². The molecule has 1 atom stereocenters. The van der Waals surface area contributed by atoms with E-state index in [9.17, 15) is 14.4 Å². The highest BCUT2D eigenvalue weighted by atomic mass is 16.5. The average Bonchev–Trinajstić information content (AvgIpc) is 2.56. The van der Waals surface area contributed by atoms with Crippen LogP contribution in [0, 0.1) is 5.41 Å². The number of ketones is 1. The number of carbonyl (C=O) groups is 3. The maximum Gasteiger partial charge on any atom is 0.320 e. The molecule has 0 spiro atoms. The van der Waals surface area contributed by atoms with Gasteiger partial charge in [-0.2, -0.15) is 0 Å². The van der Waals surface area contributed by atoms with Crippen molar-refractivity contribution in [3.63, 3.8) is 0 Å². The molecule has 2 rings (SSSR count). The van der Waals surface area contributed by atoms with Gasteiger partial charge in [0.05, 0.1) is 6.61 Å². The second-order valence-electron chi connectivity index (χ2n) is 6.14. The van der Waals surface area contributed by atoms with Crippen molar-refractivity contribution in [3.8, 4) is 0 Å². The second kappa shape index (κ2) is 8.06. The molecule has 0 aromatic heterocycles. The predicted molar refractivity (Wildman–Crippen MR) is 88.8 cm³/mol. The molecular formula is C18H24N2O4. The molecule has 1 aliphatic rings. The molecule has 130 valence electrons. The number of likely N-dealkylation sites (tertiary alicyclic amines) is 1. The summed E-state index contributed by atoms with van der Waals surface area (Å²) in [5.74, 6) is -1.23. The Labute approximate surface area is 142 Å². The minimum Gasteiger partial charge on any atom is -0.465 e. The normalized spacial score (nSPS) is 21.5. The maximum absolute atomic E-state index is 12.6. The van der Waals surface area contributed by atoms with Crippen molar-refractivity contribution < 1.29 is 19.1 Å². The number of Topliss-reactive ketones (excluding diaryl/α,β-unsaturated/α-hetero) is 1. The molecule has 1 aromatic carbocycles. The Bertz CT molecular complexity index is 602. The van der Waals surface area contributed by atoms with Crippen LogP contribution in [0.5, 0.6) is 0 Å². The van der Waals surface area contributed by atoms with Crippen LogP contribution < -0.4 is 5.73 Å². The van der Waals surface area contributed by atoms with Gasteiger partial charge in [-0.1, -0.05) is 30.3 Å². The number of ether oxygens (including phenoxy) is 1. The number of esters is 1. The minimum atomic E-state index is -1.29. The Hall–Kier alpha value is -2.21. The van der Waals surface area contributed by atoms with Crippen LogP contribution in [0.25, 0.3) is 0 Å². The number of carbonyl (C=O) groups excluding carboxylic acids is 3. The third kappa shape index (κ3) is 4.20. The van der Waals surface area contributed by atoms with Gasteiger partial charge in [-0.25, -0.2) is 0 Å². The average molecular weight is 332 g/mol. The molecule has 0 radical (unpaired) electrons. The maximum atomic E-state index is 12.6. The highest BCUT2D eigenvalue weighted by Crippen LogP contribution is 2.34. The van der Waals surface area contributed by atoms with E-state index in [2.05, 4.69) is 4.90 Å². The molecule has 1 aromatic rings. The number of hydrogen-bond donors (Lipinski definition) is 1. The number of amides is 1. The quantitative estimate of drug-likeness (QED) is 0.600. The van der Waals surface area contributed by atoms with Crippen LogP contribution in [0.1, 0.15) is 31.7 Å². The Morgan fingerprint density at radius 1 is 1.29 bits per heavy atom. The van der Waals surface area contributed by atoms with Crippen molar-refractivity contribution in [1.29, 1.82) is 0 Å². The number of hydrogen-bond acceptors (Lipinski definition) is 5. The van der Waals surface area contributed by atoms with E-state index in [1.807, 2.05) is 30.3 Å². The molecule has 0 saturated carbocycles. The molecule has 0 bridgehead atoms. The number of primary amides is 1. The zero-order valence-corrected chi connectivity index (χ0v) is 14.0. The second-order valence-corrected chi connectivity index (χ2v) is 6.14. The van der Waals surface area contributed by atoms with E-state index in [-0.39, 0.29) is 38.2 Å². The van der Waals surface area contributed by atoms with E-state index >= 15 is 0 Å². The summed E-state index contributed by atoms with van der Waals surface area (Å²) in [6.45, 7) is 3.39. The third-order valence-electron chi connectivity index (χ3n) is 4.40. The summed E-state index contributed by atoms with van der Waals surface area (Å²) in [5.41, 5.74) is 5.05. The lowest BCUT2D eigenvalue weighted by Gasteiger charge is -2.39. The molecule has 6 nitrogen and oxygen atoms in total. The topological polar surface area (TPSA) is 89.7 Å². The van der Waals surface area contributed by atoms with Crippen LogP contribution in [0.15, 0.2) is 30.3 Å². The first kappa shape index (κ1) is 18.1. The van der Waals surface area contributed by atoms with Crippen molar-refractivity contribution in [2.45, 2.75) is 32.7 Å². The van der Waals surface area contributed by atoms with E-state index in [1.165, 1.54) is 0 Å². The fourth-order valence-electron chi connectivity index (χ4n) is 3.13. The number of nitrogens with two attached hydrogens (primary N) is 1. The highest BCUT2D eigenvalue weighted by molar-refractivity contribution is 6.05. The first-order chi connectivity index (χ1) is 11.5. The van der Waals surface area contributed by atoms with Crippen LogP contribution in [-0.2, 0) is 25.7 Å².